The Bertz CT molecular complexity index is 689. The quantitative estimate of drug-likeness (QED) is 0.859. The number of aryl methyl sites for hydroxylation is 2. The van der Waals surface area contributed by atoms with E-state index >= 15 is 0 Å². The van der Waals surface area contributed by atoms with Gasteiger partial charge in [0, 0.05) is 18.9 Å². The first kappa shape index (κ1) is 12.5. The van der Waals surface area contributed by atoms with Gasteiger partial charge in [-0.3, -0.25) is 14.2 Å². The van der Waals surface area contributed by atoms with Crippen molar-refractivity contribution >= 4 is 27.5 Å². The van der Waals surface area contributed by atoms with Crippen LogP contribution in [-0.2, 0) is 11.3 Å². The van der Waals surface area contributed by atoms with Crippen LogP contribution in [0.1, 0.15) is 31.4 Å². The summed E-state index contributed by atoms with van der Waals surface area (Å²) in [4.78, 5) is 28.8. The van der Waals surface area contributed by atoms with Crippen LogP contribution < -0.4 is 5.56 Å². The maximum absolute atomic E-state index is 12.3. The molecule has 1 atom stereocenters. The van der Waals surface area contributed by atoms with Gasteiger partial charge in [-0.2, -0.15) is 4.37 Å². The highest BCUT2D eigenvalue weighted by Gasteiger charge is 2.24. The van der Waals surface area contributed by atoms with Crippen molar-refractivity contribution in [3.8, 4) is 0 Å². The summed E-state index contributed by atoms with van der Waals surface area (Å²) in [5.74, 6) is 0.472. The van der Waals surface area contributed by atoms with Gasteiger partial charge in [0.05, 0.1) is 17.4 Å². The summed E-state index contributed by atoms with van der Waals surface area (Å²) in [5.41, 5.74) is 0.700. The number of fused-ring (bicyclic) bond motifs is 1. The summed E-state index contributed by atoms with van der Waals surface area (Å²) in [6.07, 6.45) is 4.96. The summed E-state index contributed by atoms with van der Waals surface area (Å²) in [6, 6.07) is 0. The summed E-state index contributed by atoms with van der Waals surface area (Å²) >= 11 is 1.25. The molecule has 0 aromatic carbocycles. The predicted molar refractivity (Wildman–Crippen MR) is 73.4 cm³/mol. The molecular weight excluding hydrogens is 262 g/mol. The van der Waals surface area contributed by atoms with E-state index in [-0.39, 0.29) is 11.5 Å². The molecule has 0 saturated heterocycles. The van der Waals surface area contributed by atoms with Gasteiger partial charge in [-0.05, 0) is 37.7 Å². The van der Waals surface area contributed by atoms with Crippen molar-refractivity contribution in [1.82, 2.24) is 13.9 Å². The molecule has 0 bridgehead atoms. The van der Waals surface area contributed by atoms with Gasteiger partial charge >= 0.3 is 0 Å². The zero-order valence-electron chi connectivity index (χ0n) is 10.8. The third-order valence-corrected chi connectivity index (χ3v) is 4.63. The van der Waals surface area contributed by atoms with Gasteiger partial charge in [-0.15, -0.1) is 0 Å². The number of Topliss-reactive ketones (excluding diaryl/α,β-unsaturated/α-hetero) is 1. The SMILES string of the molecule is Cc1nsc2ncn(CCC3CCCC3=O)c(=O)c12. The number of nitrogens with zero attached hydrogens (tertiary/aromatic N) is 3. The first-order valence-electron chi connectivity index (χ1n) is 6.51. The van der Waals surface area contributed by atoms with Crippen molar-refractivity contribution in [1.29, 1.82) is 0 Å². The Balaban J connectivity index is 1.85. The highest BCUT2D eigenvalue weighted by atomic mass is 32.1. The van der Waals surface area contributed by atoms with Crippen molar-refractivity contribution in [2.75, 3.05) is 0 Å². The Kier molecular flexibility index (Phi) is 3.18. The summed E-state index contributed by atoms with van der Waals surface area (Å²) in [5, 5.41) is 0.616. The summed E-state index contributed by atoms with van der Waals surface area (Å²) < 4.78 is 5.77. The van der Waals surface area contributed by atoms with E-state index in [2.05, 4.69) is 9.36 Å². The molecule has 0 N–H and O–H groups in total. The van der Waals surface area contributed by atoms with Gasteiger partial charge in [-0.25, -0.2) is 4.98 Å². The molecule has 100 valence electrons. The molecule has 1 fully saturated rings. The second kappa shape index (κ2) is 4.85. The minimum Gasteiger partial charge on any atom is -0.299 e. The van der Waals surface area contributed by atoms with Crippen LogP contribution in [-0.4, -0.2) is 19.7 Å². The van der Waals surface area contributed by atoms with E-state index in [4.69, 9.17) is 0 Å². The zero-order chi connectivity index (χ0) is 13.4. The Morgan fingerprint density at radius 1 is 1.47 bits per heavy atom. The molecule has 2 aromatic rings. The topological polar surface area (TPSA) is 64.8 Å². The fourth-order valence-electron chi connectivity index (χ4n) is 2.66. The second-order valence-electron chi connectivity index (χ2n) is 5.04. The van der Waals surface area contributed by atoms with Crippen LogP contribution in [0.2, 0.25) is 0 Å². The first-order valence-corrected chi connectivity index (χ1v) is 7.28. The normalized spacial score (nSPS) is 19.4. The zero-order valence-corrected chi connectivity index (χ0v) is 11.6. The van der Waals surface area contributed by atoms with Crippen molar-refractivity contribution in [3.63, 3.8) is 0 Å². The van der Waals surface area contributed by atoms with Crippen LogP contribution in [0.3, 0.4) is 0 Å². The van der Waals surface area contributed by atoms with Gasteiger partial charge < -0.3 is 0 Å². The Labute approximate surface area is 114 Å². The standard InChI is InChI=1S/C13H15N3O2S/c1-8-11-12(19-15-8)14-7-16(13(11)18)6-5-9-3-2-4-10(9)17/h7,9H,2-6H2,1H3. The lowest BCUT2D eigenvalue weighted by Crippen LogP contribution is -2.22. The predicted octanol–water partition coefficient (Wildman–Crippen LogP) is 1.92. The number of aromatic nitrogens is 3. The van der Waals surface area contributed by atoms with E-state index < -0.39 is 0 Å². The van der Waals surface area contributed by atoms with Gasteiger partial charge in [0.2, 0.25) is 0 Å². The monoisotopic (exact) mass is 277 g/mol. The molecule has 6 heteroatoms. The molecule has 5 nitrogen and oxygen atoms in total. The smallest absolute Gasteiger partial charge is 0.263 e. The number of ketones is 1. The van der Waals surface area contributed by atoms with Gasteiger partial charge in [0.25, 0.3) is 5.56 Å². The molecule has 1 aliphatic carbocycles. The van der Waals surface area contributed by atoms with Crippen LogP contribution in [0.15, 0.2) is 11.1 Å². The van der Waals surface area contributed by atoms with Crippen molar-refractivity contribution in [2.45, 2.75) is 39.2 Å². The van der Waals surface area contributed by atoms with Crippen molar-refractivity contribution < 1.29 is 4.79 Å². The van der Waals surface area contributed by atoms with Crippen molar-refractivity contribution in [2.24, 2.45) is 5.92 Å². The van der Waals surface area contributed by atoms with Crippen LogP contribution in [0.5, 0.6) is 0 Å². The van der Waals surface area contributed by atoms with E-state index in [1.54, 1.807) is 10.9 Å². The number of rotatable bonds is 3. The van der Waals surface area contributed by atoms with E-state index in [1.807, 2.05) is 6.92 Å². The molecule has 1 saturated carbocycles. The third kappa shape index (κ3) is 2.20. The van der Waals surface area contributed by atoms with E-state index in [9.17, 15) is 9.59 Å². The molecule has 19 heavy (non-hydrogen) atoms. The molecular formula is C13H15N3O2S. The number of carbonyl (C=O) groups is 1. The number of hydrogen-bond acceptors (Lipinski definition) is 5. The highest BCUT2D eigenvalue weighted by molar-refractivity contribution is 7.12. The molecule has 3 rings (SSSR count). The molecule has 1 unspecified atom stereocenters. The minimum atomic E-state index is -0.0401. The van der Waals surface area contributed by atoms with Crippen molar-refractivity contribution in [3.05, 3.63) is 22.4 Å². The lowest BCUT2D eigenvalue weighted by atomic mass is 10.0. The Morgan fingerprint density at radius 2 is 2.32 bits per heavy atom. The molecule has 2 aromatic heterocycles. The molecule has 0 radical (unpaired) electrons. The summed E-state index contributed by atoms with van der Waals surface area (Å²) in [6.45, 7) is 2.39. The minimum absolute atomic E-state index is 0.0401. The van der Waals surface area contributed by atoms with Gasteiger partial charge in [-0.1, -0.05) is 0 Å². The maximum Gasteiger partial charge on any atom is 0.263 e. The van der Waals surface area contributed by atoms with E-state index in [0.717, 1.165) is 25.0 Å². The molecule has 0 aliphatic heterocycles. The molecule has 1 aliphatic rings. The maximum atomic E-state index is 12.3. The van der Waals surface area contributed by atoms with Crippen LogP contribution in [0.25, 0.3) is 10.2 Å². The molecule has 2 heterocycles. The van der Waals surface area contributed by atoms with Crippen LogP contribution >= 0.6 is 11.5 Å². The fourth-order valence-corrected chi connectivity index (χ4v) is 3.39. The lowest BCUT2D eigenvalue weighted by Gasteiger charge is -2.09. The molecule has 0 spiro atoms. The lowest BCUT2D eigenvalue weighted by molar-refractivity contribution is -0.120. The second-order valence-corrected chi connectivity index (χ2v) is 5.79. The average molecular weight is 277 g/mol. The molecule has 0 amide bonds. The average Bonchev–Trinajstić information content (AvgIpc) is 2.96. The van der Waals surface area contributed by atoms with E-state index in [0.29, 0.717) is 29.0 Å². The highest BCUT2D eigenvalue weighted by Crippen LogP contribution is 2.24. The Morgan fingerprint density at radius 3 is 3.05 bits per heavy atom. The van der Waals surface area contributed by atoms with Gasteiger partial charge in [0.15, 0.2) is 4.83 Å². The number of carbonyl (C=O) groups excluding carboxylic acids is 1. The largest absolute Gasteiger partial charge is 0.299 e. The summed E-state index contributed by atoms with van der Waals surface area (Å²) in [7, 11) is 0. The fraction of sp³-hybridized carbons (Fsp3) is 0.538. The Hall–Kier alpha value is -1.56. The van der Waals surface area contributed by atoms with Gasteiger partial charge in [0.1, 0.15) is 5.78 Å². The van der Waals surface area contributed by atoms with E-state index in [1.165, 1.54) is 11.5 Å². The number of hydrogen-bond donors (Lipinski definition) is 0. The first-order chi connectivity index (χ1) is 9.16. The van der Waals surface area contributed by atoms with Crippen LogP contribution in [0, 0.1) is 12.8 Å². The van der Waals surface area contributed by atoms with Crippen LogP contribution in [0.4, 0.5) is 0 Å². The third-order valence-electron chi connectivity index (χ3n) is 3.78.